The first-order valence-corrected chi connectivity index (χ1v) is 12.2. The largest absolute Gasteiger partial charge is 0.0806 e. The van der Waals surface area contributed by atoms with Gasteiger partial charge in [-0.25, -0.2) is 0 Å². The first kappa shape index (κ1) is 18.5. The van der Waals surface area contributed by atoms with E-state index in [1.807, 2.05) is 0 Å². The van der Waals surface area contributed by atoms with Crippen LogP contribution in [-0.2, 0) is 0 Å². The SMILES string of the molecule is [CH2]CCCCCCCCCCC[Si](C)(C)c1ccccc1. The molecule has 0 unspecified atom stereocenters. The fraction of sp³-hybridized carbons (Fsp3) is 0.650. The van der Waals surface area contributed by atoms with E-state index in [1.54, 1.807) is 5.19 Å². The molecular weight excluding hydrogens is 268 g/mol. The van der Waals surface area contributed by atoms with Crippen molar-refractivity contribution in [3.05, 3.63) is 37.3 Å². The van der Waals surface area contributed by atoms with Crippen molar-refractivity contribution in [3.8, 4) is 0 Å². The molecule has 0 bridgehead atoms. The van der Waals surface area contributed by atoms with Crippen molar-refractivity contribution >= 4 is 13.3 Å². The van der Waals surface area contributed by atoms with Gasteiger partial charge in [0.15, 0.2) is 0 Å². The first-order valence-electron chi connectivity index (χ1n) is 9.01. The van der Waals surface area contributed by atoms with Gasteiger partial charge in [0.2, 0.25) is 0 Å². The van der Waals surface area contributed by atoms with Crippen LogP contribution >= 0.6 is 0 Å². The maximum Gasteiger partial charge on any atom is 0.0806 e. The molecule has 1 radical (unpaired) electrons. The Kier molecular flexibility index (Phi) is 9.74. The third-order valence-corrected chi connectivity index (χ3v) is 8.11. The van der Waals surface area contributed by atoms with Gasteiger partial charge < -0.3 is 0 Å². The molecule has 0 saturated carbocycles. The van der Waals surface area contributed by atoms with Crippen LogP contribution < -0.4 is 5.19 Å². The van der Waals surface area contributed by atoms with Crippen LogP contribution in [0.3, 0.4) is 0 Å². The van der Waals surface area contributed by atoms with Crippen LogP contribution in [0.2, 0.25) is 19.1 Å². The summed E-state index contributed by atoms with van der Waals surface area (Å²) in [5.74, 6) is 0. The topological polar surface area (TPSA) is 0 Å². The van der Waals surface area contributed by atoms with Crippen molar-refractivity contribution in [1.29, 1.82) is 0 Å². The van der Waals surface area contributed by atoms with Gasteiger partial charge in [0.25, 0.3) is 0 Å². The predicted molar refractivity (Wildman–Crippen MR) is 99.9 cm³/mol. The molecule has 21 heavy (non-hydrogen) atoms. The maximum absolute atomic E-state index is 3.90. The smallest absolute Gasteiger partial charge is 0.0654 e. The summed E-state index contributed by atoms with van der Waals surface area (Å²) in [6, 6.07) is 12.6. The van der Waals surface area contributed by atoms with Gasteiger partial charge in [-0.1, -0.05) is 126 Å². The zero-order valence-electron chi connectivity index (χ0n) is 14.4. The van der Waals surface area contributed by atoms with Gasteiger partial charge in [0, 0.05) is 0 Å². The predicted octanol–water partition coefficient (Wildman–Crippen LogP) is 6.34. The molecule has 0 aliphatic heterocycles. The summed E-state index contributed by atoms with van der Waals surface area (Å²) >= 11 is 0. The number of unbranched alkanes of at least 4 members (excludes halogenated alkanes) is 9. The van der Waals surface area contributed by atoms with E-state index in [0.717, 1.165) is 6.42 Å². The van der Waals surface area contributed by atoms with Gasteiger partial charge in [-0.3, -0.25) is 0 Å². The Morgan fingerprint density at radius 2 is 1.19 bits per heavy atom. The Morgan fingerprint density at radius 1 is 0.714 bits per heavy atom. The Hall–Kier alpha value is -0.563. The van der Waals surface area contributed by atoms with Crippen molar-refractivity contribution in [2.45, 2.75) is 83.3 Å². The van der Waals surface area contributed by atoms with Gasteiger partial charge in [-0.2, -0.15) is 0 Å². The third-order valence-electron chi connectivity index (χ3n) is 4.61. The summed E-state index contributed by atoms with van der Waals surface area (Å²) in [4.78, 5) is 0. The lowest BCUT2D eigenvalue weighted by Gasteiger charge is -2.22. The normalized spacial score (nSPS) is 11.8. The Balaban J connectivity index is 2.01. The van der Waals surface area contributed by atoms with E-state index < -0.39 is 8.07 Å². The summed E-state index contributed by atoms with van der Waals surface area (Å²) < 4.78 is 0. The highest BCUT2D eigenvalue weighted by molar-refractivity contribution is 6.89. The molecule has 0 aromatic heterocycles. The molecule has 0 amide bonds. The molecule has 1 aromatic rings. The summed E-state index contributed by atoms with van der Waals surface area (Å²) in [7, 11) is -1.18. The summed E-state index contributed by atoms with van der Waals surface area (Å²) in [6.07, 6.45) is 13.9. The van der Waals surface area contributed by atoms with E-state index in [1.165, 1.54) is 63.8 Å². The number of hydrogen-bond acceptors (Lipinski definition) is 0. The Bertz CT molecular complexity index is 342. The lowest BCUT2D eigenvalue weighted by atomic mass is 10.1. The summed E-state index contributed by atoms with van der Waals surface area (Å²) in [5.41, 5.74) is 0. The van der Waals surface area contributed by atoms with Crippen molar-refractivity contribution in [1.82, 2.24) is 0 Å². The average Bonchev–Trinajstić information content (AvgIpc) is 2.50. The Morgan fingerprint density at radius 3 is 1.71 bits per heavy atom. The van der Waals surface area contributed by atoms with Crippen LogP contribution in [0.1, 0.15) is 64.2 Å². The van der Waals surface area contributed by atoms with E-state index in [0.29, 0.717) is 0 Å². The number of hydrogen-bond donors (Lipinski definition) is 0. The van der Waals surface area contributed by atoms with E-state index in [-0.39, 0.29) is 0 Å². The molecule has 1 aromatic carbocycles. The molecule has 119 valence electrons. The van der Waals surface area contributed by atoms with Crippen LogP contribution in [0.15, 0.2) is 30.3 Å². The fourth-order valence-electron chi connectivity index (χ4n) is 3.01. The van der Waals surface area contributed by atoms with Crippen LogP contribution in [0, 0.1) is 6.92 Å². The maximum atomic E-state index is 3.90. The van der Waals surface area contributed by atoms with E-state index in [4.69, 9.17) is 0 Å². The average molecular weight is 304 g/mol. The van der Waals surface area contributed by atoms with Crippen molar-refractivity contribution in [3.63, 3.8) is 0 Å². The van der Waals surface area contributed by atoms with E-state index >= 15 is 0 Å². The molecule has 0 aliphatic rings. The molecule has 0 spiro atoms. The van der Waals surface area contributed by atoms with Crippen LogP contribution in [0.25, 0.3) is 0 Å². The molecule has 0 heterocycles. The second-order valence-corrected chi connectivity index (χ2v) is 11.9. The van der Waals surface area contributed by atoms with Gasteiger partial charge in [0.05, 0.1) is 8.07 Å². The second kappa shape index (κ2) is 11.1. The Labute approximate surface area is 134 Å². The lowest BCUT2D eigenvalue weighted by molar-refractivity contribution is 0.565. The zero-order chi connectivity index (χ0) is 15.4. The molecular formula is C20H35Si. The quantitative estimate of drug-likeness (QED) is 0.312. The van der Waals surface area contributed by atoms with Gasteiger partial charge in [-0.05, 0) is 0 Å². The number of rotatable bonds is 12. The minimum absolute atomic E-state index is 1.11. The van der Waals surface area contributed by atoms with Crippen LogP contribution in [0.5, 0.6) is 0 Å². The van der Waals surface area contributed by atoms with E-state index in [2.05, 4.69) is 50.3 Å². The van der Waals surface area contributed by atoms with Crippen molar-refractivity contribution in [2.24, 2.45) is 0 Å². The minimum Gasteiger partial charge on any atom is -0.0654 e. The molecule has 0 N–H and O–H groups in total. The zero-order valence-corrected chi connectivity index (χ0v) is 15.4. The highest BCUT2D eigenvalue weighted by atomic mass is 28.3. The molecule has 1 heteroatoms. The standard InChI is InChI=1S/C20H35Si/c1-4-5-6-7-8-9-10-11-12-16-19-21(2,3)20-17-14-13-15-18-20/h13-15,17-18H,1,4-12,16,19H2,2-3H3. The summed E-state index contributed by atoms with van der Waals surface area (Å²) in [5, 5.41) is 1.62. The van der Waals surface area contributed by atoms with Crippen LogP contribution in [0.4, 0.5) is 0 Å². The lowest BCUT2D eigenvalue weighted by Crippen LogP contribution is -2.40. The minimum atomic E-state index is -1.18. The molecule has 0 aliphatic carbocycles. The van der Waals surface area contributed by atoms with Crippen molar-refractivity contribution in [2.75, 3.05) is 0 Å². The highest BCUT2D eigenvalue weighted by Crippen LogP contribution is 2.17. The second-order valence-electron chi connectivity index (χ2n) is 7.04. The monoisotopic (exact) mass is 303 g/mol. The van der Waals surface area contributed by atoms with Gasteiger partial charge >= 0.3 is 0 Å². The summed E-state index contributed by atoms with van der Waals surface area (Å²) in [6.45, 7) is 8.94. The molecule has 0 fully saturated rings. The van der Waals surface area contributed by atoms with Gasteiger partial charge in [0.1, 0.15) is 0 Å². The fourth-order valence-corrected chi connectivity index (χ4v) is 5.53. The van der Waals surface area contributed by atoms with E-state index in [9.17, 15) is 0 Å². The molecule has 0 saturated heterocycles. The molecule has 0 nitrogen and oxygen atoms in total. The molecule has 1 rings (SSSR count). The van der Waals surface area contributed by atoms with Crippen LogP contribution in [-0.4, -0.2) is 8.07 Å². The third kappa shape index (κ3) is 8.46. The molecule has 0 atom stereocenters. The first-order chi connectivity index (χ1) is 10.2. The van der Waals surface area contributed by atoms with Gasteiger partial charge in [-0.15, -0.1) is 0 Å². The number of benzene rings is 1. The van der Waals surface area contributed by atoms with Crippen molar-refractivity contribution < 1.29 is 0 Å². The highest BCUT2D eigenvalue weighted by Gasteiger charge is 2.21.